The normalized spacial score (nSPS) is 10.7. The van der Waals surface area contributed by atoms with Gasteiger partial charge in [0.15, 0.2) is 0 Å². The predicted octanol–water partition coefficient (Wildman–Crippen LogP) is 1.70. The van der Waals surface area contributed by atoms with Gasteiger partial charge in [0.05, 0.1) is 6.54 Å². The van der Waals surface area contributed by atoms with E-state index in [9.17, 15) is 14.0 Å². The van der Waals surface area contributed by atoms with Gasteiger partial charge in [-0.25, -0.2) is 9.18 Å². The Kier molecular flexibility index (Phi) is 3.57. The number of hydrogen-bond acceptors (Lipinski definition) is 2. The Morgan fingerprint density at radius 2 is 1.95 bits per heavy atom. The molecule has 0 radical (unpaired) electrons. The molecule has 19 heavy (non-hydrogen) atoms. The molecule has 1 heterocycles. The molecule has 0 spiro atoms. The van der Waals surface area contributed by atoms with Crippen molar-refractivity contribution in [1.82, 2.24) is 9.13 Å². The minimum Gasteiger partial charge on any atom is -0.279 e. The van der Waals surface area contributed by atoms with E-state index >= 15 is 0 Å². The van der Waals surface area contributed by atoms with Gasteiger partial charge in [-0.05, 0) is 30.2 Å². The summed E-state index contributed by atoms with van der Waals surface area (Å²) in [7, 11) is 1.37. The highest BCUT2D eigenvalue weighted by molar-refractivity contribution is 6.29. The molecule has 0 saturated heterocycles. The van der Waals surface area contributed by atoms with Crippen molar-refractivity contribution in [2.45, 2.75) is 13.5 Å². The summed E-state index contributed by atoms with van der Waals surface area (Å²) in [5.41, 5.74) is 0.490. The number of rotatable bonds is 2. The van der Waals surface area contributed by atoms with Crippen LogP contribution in [0.5, 0.6) is 0 Å². The molecule has 100 valence electrons. The lowest BCUT2D eigenvalue weighted by Crippen LogP contribution is -2.38. The van der Waals surface area contributed by atoms with Crippen LogP contribution in [0.15, 0.2) is 33.9 Å². The standard InChI is InChI=1S/C13H12ClFN2O2/c1-8-3-4-10(15)5-9(8)7-17-11(14)6-12(18)16(2)13(17)19/h3-6H,7H2,1-2H3. The van der Waals surface area contributed by atoms with Crippen LogP contribution in [0, 0.1) is 12.7 Å². The van der Waals surface area contributed by atoms with Gasteiger partial charge in [-0.2, -0.15) is 0 Å². The Bertz CT molecular complexity index is 749. The first-order chi connectivity index (χ1) is 8.90. The van der Waals surface area contributed by atoms with E-state index < -0.39 is 11.2 Å². The first-order valence-electron chi connectivity index (χ1n) is 5.61. The van der Waals surface area contributed by atoms with Gasteiger partial charge in [-0.1, -0.05) is 17.7 Å². The third-order valence-electron chi connectivity index (χ3n) is 2.99. The maximum Gasteiger partial charge on any atom is 0.332 e. The fraction of sp³-hybridized carbons (Fsp3) is 0.231. The highest BCUT2D eigenvalue weighted by atomic mass is 35.5. The largest absolute Gasteiger partial charge is 0.332 e. The number of hydrogen-bond donors (Lipinski definition) is 0. The van der Waals surface area contributed by atoms with E-state index in [1.165, 1.54) is 23.7 Å². The topological polar surface area (TPSA) is 44.0 Å². The number of aromatic nitrogens is 2. The summed E-state index contributed by atoms with van der Waals surface area (Å²) in [5.74, 6) is -0.380. The van der Waals surface area contributed by atoms with E-state index in [4.69, 9.17) is 11.6 Å². The lowest BCUT2D eigenvalue weighted by Gasteiger charge is -2.11. The van der Waals surface area contributed by atoms with Crippen molar-refractivity contribution in [2.24, 2.45) is 7.05 Å². The third-order valence-corrected chi connectivity index (χ3v) is 3.30. The molecule has 0 aliphatic carbocycles. The average Bonchev–Trinajstić information content (AvgIpc) is 2.36. The van der Waals surface area contributed by atoms with Gasteiger partial charge in [-0.15, -0.1) is 0 Å². The van der Waals surface area contributed by atoms with Crippen molar-refractivity contribution < 1.29 is 4.39 Å². The molecule has 6 heteroatoms. The van der Waals surface area contributed by atoms with Gasteiger partial charge in [0.1, 0.15) is 11.0 Å². The van der Waals surface area contributed by atoms with Crippen LogP contribution < -0.4 is 11.2 Å². The number of nitrogens with zero attached hydrogens (tertiary/aromatic N) is 2. The zero-order valence-corrected chi connectivity index (χ0v) is 11.2. The second kappa shape index (κ2) is 5.01. The first kappa shape index (κ1) is 13.5. The smallest absolute Gasteiger partial charge is 0.279 e. The van der Waals surface area contributed by atoms with Gasteiger partial charge in [-0.3, -0.25) is 13.9 Å². The summed E-state index contributed by atoms with van der Waals surface area (Å²) < 4.78 is 15.4. The van der Waals surface area contributed by atoms with Crippen LogP contribution in [0.25, 0.3) is 0 Å². The van der Waals surface area contributed by atoms with Gasteiger partial charge in [0.25, 0.3) is 5.56 Å². The number of halogens is 2. The van der Waals surface area contributed by atoms with Crippen LogP contribution in [0.3, 0.4) is 0 Å². The molecule has 4 nitrogen and oxygen atoms in total. The summed E-state index contributed by atoms with van der Waals surface area (Å²) in [6, 6.07) is 5.50. The highest BCUT2D eigenvalue weighted by Crippen LogP contribution is 2.13. The first-order valence-corrected chi connectivity index (χ1v) is 5.99. The number of aryl methyl sites for hydroxylation is 1. The van der Waals surface area contributed by atoms with Crippen LogP contribution in [0.4, 0.5) is 4.39 Å². The molecule has 0 N–H and O–H groups in total. The lowest BCUT2D eigenvalue weighted by molar-refractivity contribution is 0.614. The van der Waals surface area contributed by atoms with Gasteiger partial charge >= 0.3 is 5.69 Å². The maximum atomic E-state index is 13.2. The summed E-state index contributed by atoms with van der Waals surface area (Å²) in [6.07, 6.45) is 0. The van der Waals surface area contributed by atoms with E-state index in [0.717, 1.165) is 16.2 Å². The van der Waals surface area contributed by atoms with Crippen LogP contribution in [-0.2, 0) is 13.6 Å². The van der Waals surface area contributed by atoms with E-state index in [1.807, 2.05) is 6.92 Å². The van der Waals surface area contributed by atoms with Crippen LogP contribution in [-0.4, -0.2) is 9.13 Å². The molecular formula is C13H12ClFN2O2. The zero-order chi connectivity index (χ0) is 14.2. The van der Waals surface area contributed by atoms with E-state index in [1.54, 1.807) is 6.07 Å². The monoisotopic (exact) mass is 282 g/mol. The third kappa shape index (κ3) is 2.61. The van der Waals surface area contributed by atoms with E-state index in [-0.39, 0.29) is 17.5 Å². The quantitative estimate of drug-likeness (QED) is 0.787. The average molecular weight is 283 g/mol. The Labute approximate surface area is 113 Å². The molecule has 0 amide bonds. The van der Waals surface area contributed by atoms with Crippen molar-refractivity contribution in [3.05, 3.63) is 67.2 Å². The van der Waals surface area contributed by atoms with Crippen molar-refractivity contribution >= 4 is 11.6 Å². The highest BCUT2D eigenvalue weighted by Gasteiger charge is 2.09. The second-order valence-electron chi connectivity index (χ2n) is 4.30. The minimum absolute atomic E-state index is 0.0387. The Balaban J connectivity index is 2.56. The van der Waals surface area contributed by atoms with Crippen molar-refractivity contribution in [1.29, 1.82) is 0 Å². The fourth-order valence-electron chi connectivity index (χ4n) is 1.77. The Morgan fingerprint density at radius 3 is 2.63 bits per heavy atom. The molecule has 1 aromatic carbocycles. The molecular weight excluding hydrogens is 271 g/mol. The summed E-state index contributed by atoms with van der Waals surface area (Å²) in [5, 5.41) is 0.0387. The van der Waals surface area contributed by atoms with Crippen molar-refractivity contribution in [3.8, 4) is 0 Å². The maximum absolute atomic E-state index is 13.2. The summed E-state index contributed by atoms with van der Waals surface area (Å²) in [4.78, 5) is 23.4. The molecule has 2 aromatic rings. The van der Waals surface area contributed by atoms with Gasteiger partial charge in [0.2, 0.25) is 0 Å². The molecule has 1 aromatic heterocycles. The summed E-state index contributed by atoms with van der Waals surface area (Å²) in [6.45, 7) is 1.94. The van der Waals surface area contributed by atoms with Crippen LogP contribution in [0.2, 0.25) is 5.15 Å². The Morgan fingerprint density at radius 1 is 1.26 bits per heavy atom. The predicted molar refractivity (Wildman–Crippen MR) is 71.2 cm³/mol. The molecule has 0 aliphatic rings. The minimum atomic E-state index is -0.527. The summed E-state index contributed by atoms with van der Waals surface area (Å²) >= 11 is 5.90. The van der Waals surface area contributed by atoms with Crippen molar-refractivity contribution in [3.63, 3.8) is 0 Å². The number of benzene rings is 1. The molecule has 0 fully saturated rings. The lowest BCUT2D eigenvalue weighted by atomic mass is 10.1. The molecule has 0 bridgehead atoms. The van der Waals surface area contributed by atoms with E-state index in [0.29, 0.717) is 5.56 Å². The van der Waals surface area contributed by atoms with Crippen LogP contribution >= 0.6 is 11.6 Å². The molecule has 0 unspecified atom stereocenters. The van der Waals surface area contributed by atoms with Gasteiger partial charge < -0.3 is 0 Å². The fourth-order valence-corrected chi connectivity index (χ4v) is 1.99. The Hall–Kier alpha value is -1.88. The molecule has 0 atom stereocenters. The SMILES string of the molecule is Cc1ccc(F)cc1Cn1c(Cl)cc(=O)n(C)c1=O. The van der Waals surface area contributed by atoms with Crippen molar-refractivity contribution in [2.75, 3.05) is 0 Å². The molecule has 0 aliphatic heterocycles. The van der Waals surface area contributed by atoms with Gasteiger partial charge in [0, 0.05) is 13.1 Å². The van der Waals surface area contributed by atoms with E-state index in [2.05, 4.69) is 0 Å². The zero-order valence-electron chi connectivity index (χ0n) is 10.5. The second-order valence-corrected chi connectivity index (χ2v) is 4.69. The van der Waals surface area contributed by atoms with Crippen LogP contribution in [0.1, 0.15) is 11.1 Å². The molecule has 0 saturated carbocycles. The molecule has 2 rings (SSSR count).